The van der Waals surface area contributed by atoms with Crippen molar-refractivity contribution in [3.8, 4) is 5.88 Å². The summed E-state index contributed by atoms with van der Waals surface area (Å²) in [5.41, 5.74) is 5.90. The number of rotatable bonds is 6. The second kappa shape index (κ2) is 7.56. The van der Waals surface area contributed by atoms with Crippen molar-refractivity contribution in [3.05, 3.63) is 11.9 Å². The zero-order valence-corrected chi connectivity index (χ0v) is 13.4. The fourth-order valence-corrected chi connectivity index (χ4v) is 2.89. The van der Waals surface area contributed by atoms with Crippen LogP contribution in [0.15, 0.2) is 6.07 Å². The molecule has 1 aromatic rings. The maximum Gasteiger partial charge on any atom is 0.218 e. The molecule has 118 valence electrons. The van der Waals surface area contributed by atoms with Crippen molar-refractivity contribution in [1.29, 1.82) is 0 Å². The third-order valence-corrected chi connectivity index (χ3v) is 4.06. The van der Waals surface area contributed by atoms with E-state index in [0.29, 0.717) is 11.9 Å². The van der Waals surface area contributed by atoms with Crippen molar-refractivity contribution in [2.24, 2.45) is 5.73 Å². The van der Waals surface area contributed by atoms with Crippen LogP contribution < -0.4 is 15.4 Å². The van der Waals surface area contributed by atoms with Crippen molar-refractivity contribution in [3.63, 3.8) is 0 Å². The van der Waals surface area contributed by atoms with Crippen LogP contribution in [0.4, 0.5) is 5.82 Å². The van der Waals surface area contributed by atoms with Crippen molar-refractivity contribution < 1.29 is 4.74 Å². The first-order valence-corrected chi connectivity index (χ1v) is 7.76. The molecule has 1 aromatic heterocycles. The van der Waals surface area contributed by atoms with E-state index in [1.807, 2.05) is 13.0 Å². The highest BCUT2D eigenvalue weighted by molar-refractivity contribution is 5.42. The molecular formula is C15H27N5O. The predicted octanol–water partition coefficient (Wildman–Crippen LogP) is 1.04. The van der Waals surface area contributed by atoms with Gasteiger partial charge in [-0.2, -0.15) is 4.98 Å². The lowest BCUT2D eigenvalue weighted by atomic mass is 10.1. The number of nitrogens with zero attached hydrogens (tertiary/aromatic N) is 4. The fourth-order valence-electron chi connectivity index (χ4n) is 2.89. The SMILES string of the molecule is CCCC(CN)N1CCN(c2cc(OC)nc(C)n2)CC1. The topological polar surface area (TPSA) is 67.5 Å². The maximum atomic E-state index is 5.90. The molecule has 21 heavy (non-hydrogen) atoms. The molecule has 2 rings (SSSR count). The molecule has 1 saturated heterocycles. The number of piperazine rings is 1. The van der Waals surface area contributed by atoms with Crippen LogP contribution in [-0.4, -0.2) is 60.7 Å². The normalized spacial score (nSPS) is 17.8. The smallest absolute Gasteiger partial charge is 0.218 e. The van der Waals surface area contributed by atoms with Gasteiger partial charge in [-0.05, 0) is 13.3 Å². The molecule has 2 N–H and O–H groups in total. The van der Waals surface area contributed by atoms with E-state index in [2.05, 4.69) is 26.7 Å². The van der Waals surface area contributed by atoms with Gasteiger partial charge in [0.1, 0.15) is 11.6 Å². The van der Waals surface area contributed by atoms with Crippen LogP contribution in [-0.2, 0) is 0 Å². The van der Waals surface area contributed by atoms with E-state index in [4.69, 9.17) is 10.5 Å². The molecule has 0 aromatic carbocycles. The highest BCUT2D eigenvalue weighted by Crippen LogP contribution is 2.20. The number of anilines is 1. The molecule has 0 aliphatic carbocycles. The second-order valence-electron chi connectivity index (χ2n) is 5.52. The van der Waals surface area contributed by atoms with E-state index in [1.165, 1.54) is 12.8 Å². The van der Waals surface area contributed by atoms with Crippen LogP contribution in [0, 0.1) is 6.92 Å². The highest BCUT2D eigenvalue weighted by Gasteiger charge is 2.23. The van der Waals surface area contributed by atoms with Crippen LogP contribution in [0.3, 0.4) is 0 Å². The quantitative estimate of drug-likeness (QED) is 0.845. The third-order valence-electron chi connectivity index (χ3n) is 4.06. The van der Waals surface area contributed by atoms with Crippen LogP contribution in [0.2, 0.25) is 0 Å². The number of methoxy groups -OCH3 is 1. The van der Waals surface area contributed by atoms with Gasteiger partial charge < -0.3 is 15.4 Å². The summed E-state index contributed by atoms with van der Waals surface area (Å²) in [5, 5.41) is 0. The summed E-state index contributed by atoms with van der Waals surface area (Å²) in [6, 6.07) is 2.42. The van der Waals surface area contributed by atoms with Gasteiger partial charge in [-0.15, -0.1) is 0 Å². The highest BCUT2D eigenvalue weighted by atomic mass is 16.5. The summed E-state index contributed by atoms with van der Waals surface area (Å²) in [6.45, 7) is 8.87. The van der Waals surface area contributed by atoms with Gasteiger partial charge in [0, 0.05) is 44.8 Å². The molecule has 1 aliphatic rings. The molecule has 2 heterocycles. The van der Waals surface area contributed by atoms with Crippen molar-refractivity contribution in [2.75, 3.05) is 44.7 Å². The lowest BCUT2D eigenvalue weighted by Crippen LogP contribution is -2.52. The third kappa shape index (κ3) is 4.04. The zero-order chi connectivity index (χ0) is 15.2. The number of hydrogen-bond donors (Lipinski definition) is 1. The molecule has 0 saturated carbocycles. The summed E-state index contributed by atoms with van der Waals surface area (Å²) in [7, 11) is 1.64. The van der Waals surface area contributed by atoms with Gasteiger partial charge in [-0.1, -0.05) is 13.3 Å². The molecule has 1 aliphatic heterocycles. The first-order chi connectivity index (χ1) is 10.2. The molecule has 1 unspecified atom stereocenters. The van der Waals surface area contributed by atoms with Crippen molar-refractivity contribution >= 4 is 5.82 Å². The van der Waals surface area contributed by atoms with E-state index in [-0.39, 0.29) is 0 Å². The molecule has 1 fully saturated rings. The predicted molar refractivity (Wildman–Crippen MR) is 84.9 cm³/mol. The Morgan fingerprint density at radius 2 is 2.00 bits per heavy atom. The second-order valence-corrected chi connectivity index (χ2v) is 5.52. The van der Waals surface area contributed by atoms with Gasteiger partial charge in [0.05, 0.1) is 7.11 Å². The van der Waals surface area contributed by atoms with Gasteiger partial charge in [0.2, 0.25) is 5.88 Å². The molecule has 0 bridgehead atoms. The van der Waals surface area contributed by atoms with Gasteiger partial charge in [0.25, 0.3) is 0 Å². The Morgan fingerprint density at radius 1 is 1.29 bits per heavy atom. The Morgan fingerprint density at radius 3 is 2.57 bits per heavy atom. The van der Waals surface area contributed by atoms with E-state index >= 15 is 0 Å². The minimum Gasteiger partial charge on any atom is -0.481 e. The lowest BCUT2D eigenvalue weighted by Gasteiger charge is -2.39. The molecule has 6 heteroatoms. The summed E-state index contributed by atoms with van der Waals surface area (Å²) in [4.78, 5) is 13.6. The van der Waals surface area contributed by atoms with Gasteiger partial charge in [0.15, 0.2) is 0 Å². The number of ether oxygens (including phenoxy) is 1. The Hall–Kier alpha value is -1.40. The van der Waals surface area contributed by atoms with E-state index in [1.54, 1.807) is 7.11 Å². The van der Waals surface area contributed by atoms with Crippen molar-refractivity contribution in [1.82, 2.24) is 14.9 Å². The van der Waals surface area contributed by atoms with Crippen LogP contribution in [0.5, 0.6) is 5.88 Å². The van der Waals surface area contributed by atoms with Crippen LogP contribution in [0.25, 0.3) is 0 Å². The summed E-state index contributed by atoms with van der Waals surface area (Å²) in [5.74, 6) is 2.34. The van der Waals surface area contributed by atoms with Gasteiger partial charge >= 0.3 is 0 Å². The largest absolute Gasteiger partial charge is 0.481 e. The average Bonchev–Trinajstić information content (AvgIpc) is 2.52. The fraction of sp³-hybridized carbons (Fsp3) is 0.733. The molecular weight excluding hydrogens is 266 g/mol. The van der Waals surface area contributed by atoms with E-state index in [9.17, 15) is 0 Å². The summed E-state index contributed by atoms with van der Waals surface area (Å²) < 4.78 is 5.23. The standard InChI is InChI=1S/C15H27N5O/c1-4-5-13(11-16)19-6-8-20(9-7-19)14-10-15(21-3)18-12(2)17-14/h10,13H,4-9,11,16H2,1-3H3. The van der Waals surface area contributed by atoms with Gasteiger partial charge in [-0.25, -0.2) is 4.98 Å². The van der Waals surface area contributed by atoms with Crippen LogP contribution in [0.1, 0.15) is 25.6 Å². The number of aromatic nitrogens is 2. The Labute approximate surface area is 127 Å². The monoisotopic (exact) mass is 293 g/mol. The Kier molecular flexibility index (Phi) is 5.76. The minimum absolute atomic E-state index is 0.513. The van der Waals surface area contributed by atoms with E-state index < -0.39 is 0 Å². The number of nitrogens with two attached hydrogens (primary N) is 1. The number of aryl methyl sites for hydroxylation is 1. The summed E-state index contributed by atoms with van der Waals surface area (Å²) in [6.07, 6.45) is 2.36. The van der Waals surface area contributed by atoms with Crippen molar-refractivity contribution in [2.45, 2.75) is 32.7 Å². The summed E-state index contributed by atoms with van der Waals surface area (Å²) >= 11 is 0. The molecule has 1 atom stereocenters. The zero-order valence-electron chi connectivity index (χ0n) is 13.4. The van der Waals surface area contributed by atoms with Gasteiger partial charge in [-0.3, -0.25) is 4.90 Å². The lowest BCUT2D eigenvalue weighted by molar-refractivity contribution is 0.179. The first kappa shape index (κ1) is 16.0. The Bertz CT molecular complexity index is 446. The maximum absolute atomic E-state index is 5.90. The number of hydrogen-bond acceptors (Lipinski definition) is 6. The molecule has 0 spiro atoms. The van der Waals surface area contributed by atoms with E-state index in [0.717, 1.165) is 44.4 Å². The van der Waals surface area contributed by atoms with Crippen LogP contribution >= 0.6 is 0 Å². The Balaban J connectivity index is 1.99. The average molecular weight is 293 g/mol. The minimum atomic E-state index is 0.513. The first-order valence-electron chi connectivity index (χ1n) is 7.76. The molecule has 0 radical (unpaired) electrons. The molecule has 6 nitrogen and oxygen atoms in total. The molecule has 0 amide bonds.